The van der Waals surface area contributed by atoms with Crippen molar-refractivity contribution in [2.24, 2.45) is 5.92 Å². The van der Waals surface area contributed by atoms with Crippen molar-refractivity contribution in [3.8, 4) is 10.4 Å². The number of likely N-dealkylation sites (tertiary alicyclic amines) is 1. The molecule has 0 radical (unpaired) electrons. The topological polar surface area (TPSA) is 126 Å². The number of ketones is 1. The van der Waals surface area contributed by atoms with Crippen LogP contribution >= 0.6 is 11.3 Å². The molecule has 2 amide bonds. The lowest BCUT2D eigenvalue weighted by atomic mass is 9.91. The van der Waals surface area contributed by atoms with E-state index in [1.807, 2.05) is 45.0 Å². The van der Waals surface area contributed by atoms with E-state index in [-0.39, 0.29) is 24.7 Å². The summed E-state index contributed by atoms with van der Waals surface area (Å²) in [6.07, 6.45) is -3.54. The highest BCUT2D eigenvalue weighted by atomic mass is 32.1. The van der Waals surface area contributed by atoms with Crippen molar-refractivity contribution in [2.75, 3.05) is 6.54 Å². The molecule has 208 valence electrons. The van der Waals surface area contributed by atoms with Gasteiger partial charge in [0.05, 0.1) is 34.4 Å². The van der Waals surface area contributed by atoms with Crippen molar-refractivity contribution in [3.63, 3.8) is 0 Å². The Morgan fingerprint density at radius 2 is 1.92 bits per heavy atom. The predicted molar refractivity (Wildman–Crippen MR) is 144 cm³/mol. The van der Waals surface area contributed by atoms with E-state index in [0.29, 0.717) is 17.0 Å². The van der Waals surface area contributed by atoms with Crippen LogP contribution in [0.25, 0.3) is 10.4 Å². The second-order valence-electron chi connectivity index (χ2n) is 10.4. The summed E-state index contributed by atoms with van der Waals surface area (Å²) in [4.78, 5) is 45.6. The molecule has 3 heterocycles. The Balaban J connectivity index is 1.59. The van der Waals surface area contributed by atoms with Crippen LogP contribution in [0.5, 0.6) is 0 Å². The number of amides is 2. The molecule has 11 heteroatoms. The molecule has 3 aromatic rings. The normalized spacial score (nSPS) is 20.7. The largest absolute Gasteiger partial charge is 0.388 e. The first-order chi connectivity index (χ1) is 18.5. The van der Waals surface area contributed by atoms with E-state index in [1.54, 1.807) is 18.5 Å². The molecule has 2 N–H and O–H groups in total. The molecule has 0 saturated carbocycles. The number of nitrogens with one attached hydrogen (secondary N) is 1. The van der Waals surface area contributed by atoms with Gasteiger partial charge in [-0.1, -0.05) is 43.3 Å². The van der Waals surface area contributed by atoms with Gasteiger partial charge in [0, 0.05) is 12.5 Å². The van der Waals surface area contributed by atoms with Crippen molar-refractivity contribution in [1.29, 1.82) is 0 Å². The van der Waals surface area contributed by atoms with Crippen molar-refractivity contribution in [2.45, 2.75) is 71.3 Å². The number of carbonyl (C=O) groups is 3. The summed E-state index contributed by atoms with van der Waals surface area (Å²) >= 11 is 1.51. The standard InChI is InChI=1S/C28H33FN4O5S/c1-14(2)23(22-10-15(3)32-38-22)28(37)33-12-21(35)24(29)25(33)27(36)31-20(11-16(4)34)18-6-8-19(9-7-18)26-17(5)30-13-39-26/h6-10,13-14,20-21,23-25,35H,11-12H2,1-5H3,(H,31,36)/t20-,21-,23+,24-,25-/m0/s1. The van der Waals surface area contributed by atoms with Gasteiger partial charge in [0.25, 0.3) is 0 Å². The lowest BCUT2D eigenvalue weighted by Crippen LogP contribution is -2.51. The first-order valence-electron chi connectivity index (χ1n) is 12.8. The van der Waals surface area contributed by atoms with E-state index in [0.717, 1.165) is 21.0 Å². The molecule has 39 heavy (non-hydrogen) atoms. The summed E-state index contributed by atoms with van der Waals surface area (Å²) in [5.74, 6) is -2.22. The van der Waals surface area contributed by atoms with E-state index >= 15 is 4.39 Å². The first-order valence-corrected chi connectivity index (χ1v) is 13.7. The fourth-order valence-corrected chi connectivity index (χ4v) is 5.81. The number of rotatable bonds is 9. The Kier molecular flexibility index (Phi) is 8.60. The number of aliphatic hydroxyl groups is 1. The lowest BCUT2D eigenvalue weighted by Gasteiger charge is -2.30. The fourth-order valence-electron chi connectivity index (χ4n) is 5.00. The van der Waals surface area contributed by atoms with Crippen LogP contribution in [0.15, 0.2) is 40.4 Å². The number of β-amino-alcohol motifs (C(OH)–C–C–N with tert-alkyl or cyclic N) is 1. The molecule has 1 aromatic carbocycles. The number of alkyl halides is 1. The zero-order valence-corrected chi connectivity index (χ0v) is 23.4. The third-order valence-corrected chi connectivity index (χ3v) is 7.93. The van der Waals surface area contributed by atoms with E-state index in [2.05, 4.69) is 15.5 Å². The van der Waals surface area contributed by atoms with Crippen LogP contribution < -0.4 is 5.32 Å². The van der Waals surface area contributed by atoms with Gasteiger partial charge in [0.15, 0.2) is 6.17 Å². The molecule has 0 bridgehead atoms. The predicted octanol–water partition coefficient (Wildman–Crippen LogP) is 3.90. The minimum absolute atomic E-state index is 0.0171. The summed E-state index contributed by atoms with van der Waals surface area (Å²) in [5, 5.41) is 17.0. The monoisotopic (exact) mass is 556 g/mol. The van der Waals surface area contributed by atoms with E-state index in [9.17, 15) is 19.5 Å². The Labute approximate surface area is 230 Å². The number of nitrogens with zero attached hydrogens (tertiary/aromatic N) is 3. The number of halogens is 1. The summed E-state index contributed by atoms with van der Waals surface area (Å²) in [6, 6.07) is 6.71. The molecule has 1 fully saturated rings. The maximum atomic E-state index is 15.3. The zero-order valence-electron chi connectivity index (χ0n) is 22.6. The Morgan fingerprint density at radius 1 is 1.23 bits per heavy atom. The second kappa shape index (κ2) is 11.7. The molecule has 0 spiro atoms. The fraction of sp³-hybridized carbons (Fsp3) is 0.464. The summed E-state index contributed by atoms with van der Waals surface area (Å²) < 4.78 is 20.6. The number of aryl methyl sites for hydroxylation is 2. The van der Waals surface area contributed by atoms with E-state index in [4.69, 9.17) is 4.52 Å². The molecular formula is C28H33FN4O5S. The molecule has 2 aromatic heterocycles. The van der Waals surface area contributed by atoms with Gasteiger partial charge in [0.1, 0.15) is 29.6 Å². The molecule has 1 aliphatic heterocycles. The molecule has 0 unspecified atom stereocenters. The Hall–Kier alpha value is -3.44. The van der Waals surface area contributed by atoms with Crippen LogP contribution in [0.1, 0.15) is 61.9 Å². The van der Waals surface area contributed by atoms with Crippen LogP contribution in [0.4, 0.5) is 4.39 Å². The number of hydrogen-bond acceptors (Lipinski definition) is 8. The minimum atomic E-state index is -1.99. The molecular weight excluding hydrogens is 523 g/mol. The third-order valence-electron chi connectivity index (χ3n) is 6.95. The highest BCUT2D eigenvalue weighted by Gasteiger charge is 2.50. The smallest absolute Gasteiger partial charge is 0.246 e. The summed E-state index contributed by atoms with van der Waals surface area (Å²) in [7, 11) is 0. The van der Waals surface area contributed by atoms with Gasteiger partial charge in [-0.05, 0) is 37.8 Å². The molecule has 0 aliphatic carbocycles. The molecule has 1 saturated heterocycles. The Morgan fingerprint density at radius 3 is 2.46 bits per heavy atom. The summed E-state index contributed by atoms with van der Waals surface area (Å²) in [6.45, 7) is 8.35. The quantitative estimate of drug-likeness (QED) is 0.409. The van der Waals surface area contributed by atoms with Gasteiger partial charge in [-0.2, -0.15) is 0 Å². The zero-order chi connectivity index (χ0) is 28.4. The third kappa shape index (κ3) is 6.09. The highest BCUT2D eigenvalue weighted by molar-refractivity contribution is 7.13. The number of carbonyl (C=O) groups excluding carboxylic acids is 3. The number of thiazole rings is 1. The van der Waals surface area contributed by atoms with Gasteiger partial charge in [-0.25, -0.2) is 9.37 Å². The molecule has 1 aliphatic rings. The van der Waals surface area contributed by atoms with Gasteiger partial charge in [0.2, 0.25) is 11.8 Å². The van der Waals surface area contributed by atoms with Crippen LogP contribution in [0.3, 0.4) is 0 Å². The van der Waals surface area contributed by atoms with Gasteiger partial charge in [-0.15, -0.1) is 11.3 Å². The number of aliphatic hydroxyl groups excluding tert-OH is 1. The number of benzene rings is 1. The first kappa shape index (κ1) is 28.6. The van der Waals surface area contributed by atoms with Crippen molar-refractivity contribution in [1.82, 2.24) is 20.4 Å². The maximum absolute atomic E-state index is 15.3. The summed E-state index contributed by atoms with van der Waals surface area (Å²) in [5.41, 5.74) is 4.87. The molecule has 5 atom stereocenters. The van der Waals surface area contributed by atoms with Crippen molar-refractivity contribution >= 4 is 28.9 Å². The number of hydrogen-bond donors (Lipinski definition) is 2. The molecule has 4 rings (SSSR count). The van der Waals surface area contributed by atoms with Crippen LogP contribution in [0, 0.1) is 19.8 Å². The van der Waals surface area contributed by atoms with E-state index < -0.39 is 42.1 Å². The van der Waals surface area contributed by atoms with Crippen molar-refractivity contribution in [3.05, 3.63) is 58.6 Å². The van der Waals surface area contributed by atoms with Gasteiger partial charge < -0.3 is 19.8 Å². The molecule has 9 nitrogen and oxygen atoms in total. The minimum Gasteiger partial charge on any atom is -0.388 e. The lowest BCUT2D eigenvalue weighted by molar-refractivity contribution is -0.142. The van der Waals surface area contributed by atoms with Crippen LogP contribution in [0.2, 0.25) is 0 Å². The Bertz CT molecular complexity index is 1340. The second-order valence-corrected chi connectivity index (χ2v) is 11.3. The highest BCUT2D eigenvalue weighted by Crippen LogP contribution is 2.33. The van der Waals surface area contributed by atoms with Gasteiger partial charge in [-0.3, -0.25) is 14.4 Å². The number of aromatic nitrogens is 2. The van der Waals surface area contributed by atoms with Gasteiger partial charge >= 0.3 is 0 Å². The van der Waals surface area contributed by atoms with Crippen LogP contribution in [-0.4, -0.2) is 62.6 Å². The SMILES string of the molecule is CC(=O)C[C@H](NC(=O)[C@@H]1[C@@H](F)[C@@H](O)CN1C(=O)[C@@H](c1cc(C)no1)C(C)C)c1ccc(-c2scnc2C)cc1. The average Bonchev–Trinajstić information content (AvgIpc) is 3.57. The van der Waals surface area contributed by atoms with Crippen molar-refractivity contribution < 1.29 is 28.4 Å². The number of Topliss-reactive ketones (excluding diaryl/α,β-unsaturated/α-hetero) is 1. The maximum Gasteiger partial charge on any atom is 0.246 e. The average molecular weight is 557 g/mol. The van der Waals surface area contributed by atoms with Crippen LogP contribution in [-0.2, 0) is 14.4 Å². The van der Waals surface area contributed by atoms with E-state index in [1.165, 1.54) is 18.3 Å².